The molecule has 0 fully saturated rings. The molecule has 0 aliphatic rings. The van der Waals surface area contributed by atoms with Crippen LogP contribution in [0.2, 0.25) is 0 Å². The molecule has 4 nitrogen and oxygen atoms in total. The van der Waals surface area contributed by atoms with Gasteiger partial charge in [0, 0.05) is 22.7 Å². The zero-order valence-corrected chi connectivity index (χ0v) is 15.8. The summed E-state index contributed by atoms with van der Waals surface area (Å²) < 4.78 is 26.3. The number of methoxy groups -OCH3 is 2. The van der Waals surface area contributed by atoms with Gasteiger partial charge in [-0.25, -0.2) is 9.37 Å². The molecule has 0 saturated carbocycles. The quantitative estimate of drug-likeness (QED) is 0.530. The zero-order chi connectivity index (χ0) is 18.0. The second-order valence-corrected chi connectivity index (χ2v) is 6.79. The smallest absolute Gasteiger partial charge is 0.174 e. The zero-order valence-electron chi connectivity index (χ0n) is 13.4. The maximum Gasteiger partial charge on any atom is 0.174 e. The number of hydrogen-bond acceptors (Lipinski definition) is 5. The average molecular weight is 422 g/mol. The SMILES string of the molecule is COc1cc(-c2c(-c3nccs3)ccc(C=O)c2F)cc(Br)c1OC. The van der Waals surface area contributed by atoms with E-state index in [-0.39, 0.29) is 5.56 Å². The van der Waals surface area contributed by atoms with Crippen LogP contribution in [0.15, 0.2) is 40.3 Å². The molecule has 2 aromatic carbocycles. The van der Waals surface area contributed by atoms with Crippen molar-refractivity contribution in [3.63, 3.8) is 0 Å². The molecule has 3 aromatic rings. The monoisotopic (exact) mass is 421 g/mol. The van der Waals surface area contributed by atoms with E-state index >= 15 is 4.39 Å². The standard InChI is InChI=1S/C18H13BrFNO3S/c1-23-14-8-11(7-13(19)17(14)24-2)15-12(18-21-5-6-25-18)4-3-10(9-22)16(15)20/h3-9H,1-2H3. The third-order valence-electron chi connectivity index (χ3n) is 3.68. The van der Waals surface area contributed by atoms with Crippen LogP contribution in [0, 0.1) is 5.82 Å². The fourth-order valence-corrected chi connectivity index (χ4v) is 3.84. The number of nitrogens with zero attached hydrogens (tertiary/aromatic N) is 1. The molecule has 0 radical (unpaired) electrons. The number of ether oxygens (including phenoxy) is 2. The van der Waals surface area contributed by atoms with Gasteiger partial charge in [0.25, 0.3) is 0 Å². The molecule has 0 amide bonds. The molecule has 0 aliphatic heterocycles. The number of carbonyl (C=O) groups excluding carboxylic acids is 1. The van der Waals surface area contributed by atoms with Crippen molar-refractivity contribution in [2.45, 2.75) is 0 Å². The van der Waals surface area contributed by atoms with Gasteiger partial charge in [-0.3, -0.25) is 4.79 Å². The van der Waals surface area contributed by atoms with Gasteiger partial charge in [0.15, 0.2) is 17.8 Å². The first kappa shape index (κ1) is 17.6. The Kier molecular flexibility index (Phi) is 5.15. The lowest BCUT2D eigenvalue weighted by Crippen LogP contribution is -1.98. The molecule has 0 atom stereocenters. The summed E-state index contributed by atoms with van der Waals surface area (Å²) in [4.78, 5) is 15.5. The molecular formula is C18H13BrFNO3S. The summed E-state index contributed by atoms with van der Waals surface area (Å²) >= 11 is 4.81. The number of thiazole rings is 1. The lowest BCUT2D eigenvalue weighted by atomic mass is 9.96. The second-order valence-electron chi connectivity index (χ2n) is 5.04. The predicted octanol–water partition coefficient (Wildman–Crippen LogP) is 5.21. The summed E-state index contributed by atoms with van der Waals surface area (Å²) in [7, 11) is 3.03. The van der Waals surface area contributed by atoms with E-state index in [1.54, 1.807) is 24.4 Å². The van der Waals surface area contributed by atoms with Gasteiger partial charge in [-0.2, -0.15) is 0 Å². The minimum Gasteiger partial charge on any atom is -0.493 e. The largest absolute Gasteiger partial charge is 0.493 e. The van der Waals surface area contributed by atoms with Crippen LogP contribution >= 0.6 is 27.3 Å². The molecule has 0 N–H and O–H groups in total. The summed E-state index contributed by atoms with van der Waals surface area (Å²) in [6, 6.07) is 6.56. The van der Waals surface area contributed by atoms with E-state index in [9.17, 15) is 4.79 Å². The van der Waals surface area contributed by atoms with Crippen molar-refractivity contribution in [2.75, 3.05) is 14.2 Å². The van der Waals surface area contributed by atoms with Gasteiger partial charge in [-0.05, 0) is 39.7 Å². The number of benzene rings is 2. The molecule has 7 heteroatoms. The van der Waals surface area contributed by atoms with Crippen LogP contribution < -0.4 is 9.47 Å². The van der Waals surface area contributed by atoms with Crippen molar-refractivity contribution in [2.24, 2.45) is 0 Å². The van der Waals surface area contributed by atoms with Crippen molar-refractivity contribution in [1.82, 2.24) is 4.98 Å². The average Bonchev–Trinajstić information content (AvgIpc) is 3.15. The lowest BCUT2D eigenvalue weighted by molar-refractivity contribution is 0.112. The Morgan fingerprint density at radius 2 is 2.04 bits per heavy atom. The summed E-state index contributed by atoms with van der Waals surface area (Å²) in [5.74, 6) is 0.365. The highest BCUT2D eigenvalue weighted by Crippen LogP contribution is 2.43. The lowest BCUT2D eigenvalue weighted by Gasteiger charge is -2.15. The molecule has 128 valence electrons. The van der Waals surface area contributed by atoms with Crippen LogP contribution in [0.4, 0.5) is 4.39 Å². The molecule has 0 bridgehead atoms. The van der Waals surface area contributed by atoms with Gasteiger partial charge in [0.05, 0.1) is 24.3 Å². The predicted molar refractivity (Wildman–Crippen MR) is 99.1 cm³/mol. The minimum atomic E-state index is -0.596. The van der Waals surface area contributed by atoms with E-state index in [1.165, 1.54) is 31.6 Å². The number of hydrogen-bond donors (Lipinski definition) is 0. The normalized spacial score (nSPS) is 10.6. The molecule has 1 aromatic heterocycles. The molecule has 0 unspecified atom stereocenters. The highest BCUT2D eigenvalue weighted by Gasteiger charge is 2.20. The fraction of sp³-hybridized carbons (Fsp3) is 0.111. The first-order valence-corrected chi connectivity index (χ1v) is 8.87. The maximum absolute atomic E-state index is 15.0. The van der Waals surface area contributed by atoms with E-state index in [0.29, 0.717) is 44.0 Å². The van der Waals surface area contributed by atoms with Crippen LogP contribution in [0.1, 0.15) is 10.4 Å². The Balaban J connectivity index is 2.33. The minimum absolute atomic E-state index is 0.0128. The molecule has 0 aliphatic carbocycles. The molecule has 1 heterocycles. The first-order chi connectivity index (χ1) is 12.1. The van der Waals surface area contributed by atoms with E-state index in [0.717, 1.165) is 0 Å². The fourth-order valence-electron chi connectivity index (χ4n) is 2.56. The van der Waals surface area contributed by atoms with Crippen molar-refractivity contribution < 1.29 is 18.7 Å². The Bertz CT molecular complexity index is 929. The van der Waals surface area contributed by atoms with Crippen LogP contribution in [-0.4, -0.2) is 25.5 Å². The Labute approximate surface area is 156 Å². The molecule has 25 heavy (non-hydrogen) atoms. The summed E-state index contributed by atoms with van der Waals surface area (Å²) in [6.07, 6.45) is 2.15. The van der Waals surface area contributed by atoms with Crippen molar-refractivity contribution in [1.29, 1.82) is 0 Å². The van der Waals surface area contributed by atoms with Crippen LogP contribution in [0.5, 0.6) is 11.5 Å². The molecular weight excluding hydrogens is 409 g/mol. The van der Waals surface area contributed by atoms with E-state index in [4.69, 9.17) is 9.47 Å². The molecule has 0 spiro atoms. The van der Waals surface area contributed by atoms with Crippen molar-refractivity contribution in [3.05, 3.63) is 51.7 Å². The number of aldehydes is 1. The van der Waals surface area contributed by atoms with Crippen LogP contribution in [-0.2, 0) is 0 Å². The topological polar surface area (TPSA) is 48.4 Å². The summed E-state index contributed by atoms with van der Waals surface area (Å²) in [5.41, 5.74) is 1.44. The van der Waals surface area contributed by atoms with Crippen LogP contribution in [0.3, 0.4) is 0 Å². The first-order valence-electron chi connectivity index (χ1n) is 7.20. The number of carbonyl (C=O) groups is 1. The van der Waals surface area contributed by atoms with Crippen molar-refractivity contribution in [3.8, 4) is 33.2 Å². The number of halogens is 2. The Morgan fingerprint density at radius 1 is 1.24 bits per heavy atom. The van der Waals surface area contributed by atoms with Gasteiger partial charge < -0.3 is 9.47 Å². The Morgan fingerprint density at radius 3 is 2.64 bits per heavy atom. The van der Waals surface area contributed by atoms with E-state index in [1.807, 2.05) is 5.38 Å². The van der Waals surface area contributed by atoms with Gasteiger partial charge in [-0.1, -0.05) is 6.07 Å². The van der Waals surface area contributed by atoms with Gasteiger partial charge >= 0.3 is 0 Å². The second kappa shape index (κ2) is 7.33. The summed E-state index contributed by atoms with van der Waals surface area (Å²) in [5, 5.41) is 2.48. The van der Waals surface area contributed by atoms with Gasteiger partial charge in [0.1, 0.15) is 10.8 Å². The van der Waals surface area contributed by atoms with E-state index < -0.39 is 5.82 Å². The third-order valence-corrected chi connectivity index (χ3v) is 5.08. The van der Waals surface area contributed by atoms with Crippen molar-refractivity contribution >= 4 is 33.6 Å². The van der Waals surface area contributed by atoms with E-state index in [2.05, 4.69) is 20.9 Å². The van der Waals surface area contributed by atoms with Gasteiger partial charge in [0.2, 0.25) is 0 Å². The maximum atomic E-state index is 15.0. The Hall–Kier alpha value is -2.25. The molecule has 0 saturated heterocycles. The molecule has 3 rings (SSSR count). The number of aromatic nitrogens is 1. The highest BCUT2D eigenvalue weighted by molar-refractivity contribution is 9.10. The summed E-state index contributed by atoms with van der Waals surface area (Å²) in [6.45, 7) is 0. The third kappa shape index (κ3) is 3.17. The highest BCUT2D eigenvalue weighted by atomic mass is 79.9. The van der Waals surface area contributed by atoms with Crippen LogP contribution in [0.25, 0.3) is 21.7 Å². The number of rotatable bonds is 5. The van der Waals surface area contributed by atoms with Gasteiger partial charge in [-0.15, -0.1) is 11.3 Å².